The molecule has 1 fully saturated rings. The molecule has 0 bridgehead atoms. The van der Waals surface area contributed by atoms with Gasteiger partial charge < -0.3 is 5.32 Å². The molecule has 0 amide bonds. The first-order chi connectivity index (χ1) is 6.75. The second-order valence-electron chi connectivity index (χ2n) is 3.71. The third kappa shape index (κ3) is 2.61. The lowest BCUT2D eigenvalue weighted by Crippen LogP contribution is -2.26. The first-order valence-electron chi connectivity index (χ1n) is 4.95. The number of hydrogen-bond acceptors (Lipinski definition) is 1. The van der Waals surface area contributed by atoms with Crippen molar-refractivity contribution in [2.45, 2.75) is 25.3 Å². The topological polar surface area (TPSA) is 12.0 Å². The smallest absolute Gasteiger partial charge is 0.0419 e. The van der Waals surface area contributed by atoms with Crippen molar-refractivity contribution in [3.05, 3.63) is 32.4 Å². The molecule has 1 aromatic carbocycles. The Morgan fingerprint density at radius 3 is 2.79 bits per heavy atom. The van der Waals surface area contributed by atoms with E-state index in [9.17, 15) is 0 Å². The number of piperidine rings is 1. The molecule has 1 saturated heterocycles. The molecule has 0 spiro atoms. The van der Waals surface area contributed by atoms with Crippen molar-refractivity contribution in [2.24, 2.45) is 0 Å². The minimum absolute atomic E-state index is 0.510. The molecule has 0 saturated carbocycles. The van der Waals surface area contributed by atoms with Crippen LogP contribution in [0, 0.1) is 3.57 Å². The van der Waals surface area contributed by atoms with Gasteiger partial charge in [-0.15, -0.1) is 0 Å². The van der Waals surface area contributed by atoms with Gasteiger partial charge in [0.2, 0.25) is 0 Å². The van der Waals surface area contributed by atoms with Crippen LogP contribution in [0.5, 0.6) is 0 Å². The van der Waals surface area contributed by atoms with E-state index in [0.29, 0.717) is 6.04 Å². The zero-order valence-electron chi connectivity index (χ0n) is 7.89. The van der Waals surface area contributed by atoms with Crippen LogP contribution in [0.2, 0.25) is 5.02 Å². The molecular weight excluding hydrogens is 308 g/mol. The third-order valence-electron chi connectivity index (χ3n) is 2.60. The number of nitrogens with one attached hydrogen (secondary N) is 1. The van der Waals surface area contributed by atoms with Gasteiger partial charge in [0.25, 0.3) is 0 Å². The van der Waals surface area contributed by atoms with Crippen molar-refractivity contribution < 1.29 is 0 Å². The van der Waals surface area contributed by atoms with Gasteiger partial charge in [-0.1, -0.05) is 18.0 Å². The first kappa shape index (κ1) is 10.7. The Bertz CT molecular complexity index is 301. The van der Waals surface area contributed by atoms with Gasteiger partial charge in [-0.2, -0.15) is 0 Å². The van der Waals surface area contributed by atoms with Crippen molar-refractivity contribution in [3.8, 4) is 0 Å². The van der Waals surface area contributed by atoms with E-state index in [1.54, 1.807) is 0 Å². The second-order valence-corrected chi connectivity index (χ2v) is 5.39. The largest absolute Gasteiger partial charge is 0.310 e. The molecule has 1 atom stereocenters. The normalized spacial score (nSPS) is 22.3. The molecular formula is C11H13ClIN. The molecule has 1 heterocycles. The maximum absolute atomic E-state index is 6.04. The number of halogens is 2. The molecule has 0 radical (unpaired) electrons. The minimum atomic E-state index is 0.510. The third-order valence-corrected chi connectivity index (χ3v) is 3.44. The molecule has 3 heteroatoms. The quantitative estimate of drug-likeness (QED) is 0.777. The van der Waals surface area contributed by atoms with Crippen molar-refractivity contribution in [1.82, 2.24) is 5.32 Å². The lowest BCUT2D eigenvalue weighted by molar-refractivity contribution is 0.412. The van der Waals surface area contributed by atoms with E-state index in [1.165, 1.54) is 28.4 Å². The molecule has 1 N–H and O–H groups in total. The van der Waals surface area contributed by atoms with Crippen LogP contribution in [0.1, 0.15) is 30.9 Å². The second kappa shape index (κ2) is 4.81. The average molecular weight is 322 g/mol. The Kier molecular flexibility index (Phi) is 3.68. The fraction of sp³-hybridized carbons (Fsp3) is 0.455. The highest BCUT2D eigenvalue weighted by molar-refractivity contribution is 14.1. The van der Waals surface area contributed by atoms with E-state index in [-0.39, 0.29) is 0 Å². The summed E-state index contributed by atoms with van der Waals surface area (Å²) >= 11 is 8.35. The predicted octanol–water partition coefficient (Wildman–Crippen LogP) is 3.76. The van der Waals surface area contributed by atoms with E-state index >= 15 is 0 Å². The number of rotatable bonds is 1. The number of hydrogen-bond donors (Lipinski definition) is 1. The molecule has 14 heavy (non-hydrogen) atoms. The predicted molar refractivity (Wildman–Crippen MR) is 68.8 cm³/mol. The van der Waals surface area contributed by atoms with E-state index in [2.05, 4.69) is 40.0 Å². The first-order valence-corrected chi connectivity index (χ1v) is 6.41. The van der Waals surface area contributed by atoms with Gasteiger partial charge in [-0.25, -0.2) is 0 Å². The van der Waals surface area contributed by atoms with Crippen molar-refractivity contribution >= 4 is 34.2 Å². The monoisotopic (exact) mass is 321 g/mol. The highest BCUT2D eigenvalue weighted by atomic mass is 127. The van der Waals surface area contributed by atoms with Crippen LogP contribution < -0.4 is 5.32 Å². The molecule has 1 aromatic rings. The van der Waals surface area contributed by atoms with Crippen LogP contribution >= 0.6 is 34.2 Å². The molecule has 0 aliphatic carbocycles. The van der Waals surface area contributed by atoms with Crippen LogP contribution in [-0.2, 0) is 0 Å². The molecule has 1 aliphatic heterocycles. The lowest BCUT2D eigenvalue weighted by Gasteiger charge is -2.24. The van der Waals surface area contributed by atoms with Crippen LogP contribution in [0.25, 0.3) is 0 Å². The van der Waals surface area contributed by atoms with Gasteiger partial charge in [-0.05, 0) is 65.7 Å². The summed E-state index contributed by atoms with van der Waals surface area (Å²) in [7, 11) is 0. The van der Waals surface area contributed by atoms with Crippen LogP contribution in [0.3, 0.4) is 0 Å². The maximum Gasteiger partial charge on any atom is 0.0419 e. The lowest BCUT2D eigenvalue weighted by atomic mass is 9.98. The van der Waals surface area contributed by atoms with Crippen molar-refractivity contribution in [3.63, 3.8) is 0 Å². The fourth-order valence-electron chi connectivity index (χ4n) is 1.91. The Morgan fingerprint density at radius 2 is 2.14 bits per heavy atom. The summed E-state index contributed by atoms with van der Waals surface area (Å²) < 4.78 is 1.22. The molecule has 1 aliphatic rings. The van der Waals surface area contributed by atoms with Crippen molar-refractivity contribution in [2.75, 3.05) is 6.54 Å². The van der Waals surface area contributed by atoms with Gasteiger partial charge in [0.15, 0.2) is 0 Å². The molecule has 0 unspecified atom stereocenters. The highest BCUT2D eigenvalue weighted by Gasteiger charge is 2.15. The summed E-state index contributed by atoms with van der Waals surface area (Å²) in [5, 5.41) is 4.37. The Labute approximate surface area is 103 Å². The Balaban J connectivity index is 2.21. The van der Waals surface area contributed by atoms with Gasteiger partial charge in [0.1, 0.15) is 0 Å². The standard InChI is InChI=1S/C11H13ClIN/c12-9-5-8(6-10(13)7-9)11-3-1-2-4-14-11/h5-7,11,14H,1-4H2/t11-/m1/s1. The van der Waals surface area contributed by atoms with Gasteiger partial charge in [0, 0.05) is 14.6 Å². The van der Waals surface area contributed by atoms with Gasteiger partial charge in [-0.3, -0.25) is 0 Å². The Morgan fingerprint density at radius 1 is 1.29 bits per heavy atom. The summed E-state index contributed by atoms with van der Waals surface area (Å²) in [6.45, 7) is 1.13. The average Bonchev–Trinajstić information content (AvgIpc) is 2.18. The maximum atomic E-state index is 6.04. The molecule has 1 nitrogen and oxygen atoms in total. The van der Waals surface area contributed by atoms with Crippen molar-refractivity contribution in [1.29, 1.82) is 0 Å². The number of benzene rings is 1. The molecule has 0 aromatic heterocycles. The zero-order valence-corrected chi connectivity index (χ0v) is 10.8. The summed E-state index contributed by atoms with van der Waals surface area (Å²) in [5.41, 5.74) is 1.33. The van der Waals surface area contributed by atoms with E-state index in [4.69, 9.17) is 11.6 Å². The summed E-state index contributed by atoms with van der Waals surface area (Å²) in [6, 6.07) is 6.80. The minimum Gasteiger partial charge on any atom is -0.310 e. The zero-order chi connectivity index (χ0) is 9.97. The molecule has 2 rings (SSSR count). The van der Waals surface area contributed by atoms with Crippen LogP contribution in [0.4, 0.5) is 0 Å². The fourth-order valence-corrected chi connectivity index (χ4v) is 3.04. The SMILES string of the molecule is Clc1cc(I)cc([C@H]2CCCCN2)c1. The van der Waals surface area contributed by atoms with E-state index in [1.807, 2.05) is 6.07 Å². The van der Waals surface area contributed by atoms with Gasteiger partial charge >= 0.3 is 0 Å². The van der Waals surface area contributed by atoms with E-state index in [0.717, 1.165) is 11.6 Å². The molecule has 76 valence electrons. The highest BCUT2D eigenvalue weighted by Crippen LogP contribution is 2.26. The summed E-state index contributed by atoms with van der Waals surface area (Å²) in [5.74, 6) is 0. The summed E-state index contributed by atoms with van der Waals surface area (Å²) in [4.78, 5) is 0. The van der Waals surface area contributed by atoms with Crippen LogP contribution in [0.15, 0.2) is 18.2 Å². The summed E-state index contributed by atoms with van der Waals surface area (Å²) in [6.07, 6.45) is 3.85. The Hall–Kier alpha value is 0.200. The van der Waals surface area contributed by atoms with Gasteiger partial charge in [0.05, 0.1) is 0 Å². The van der Waals surface area contributed by atoms with E-state index < -0.39 is 0 Å². The van der Waals surface area contributed by atoms with Crippen LogP contribution in [-0.4, -0.2) is 6.54 Å².